The second kappa shape index (κ2) is 4.49. The lowest BCUT2D eigenvalue weighted by Gasteiger charge is -2.07. The summed E-state index contributed by atoms with van der Waals surface area (Å²) >= 11 is 0. The van der Waals surface area contributed by atoms with E-state index in [1.165, 1.54) is 6.07 Å². The summed E-state index contributed by atoms with van der Waals surface area (Å²) in [6, 6.07) is 3.23. The summed E-state index contributed by atoms with van der Waals surface area (Å²) in [5, 5.41) is 0. The highest BCUT2D eigenvalue weighted by atomic mass is 35.7. The summed E-state index contributed by atoms with van der Waals surface area (Å²) in [7, 11) is 1.59. The maximum atomic E-state index is 11.1. The Morgan fingerprint density at radius 3 is 2.40 bits per heavy atom. The molecule has 1 heterocycles. The molecule has 0 aromatic carbocycles. The minimum atomic E-state index is -3.67. The third-order valence-electron chi connectivity index (χ3n) is 1.98. The van der Waals surface area contributed by atoms with Crippen molar-refractivity contribution in [3.8, 4) is 0 Å². The van der Waals surface area contributed by atoms with Crippen LogP contribution in [0.15, 0.2) is 17.0 Å². The van der Waals surface area contributed by atoms with Gasteiger partial charge in [0, 0.05) is 16.4 Å². The number of aryl methyl sites for hydroxylation is 1. The molecular formula is C10H14ClNO2S. The van der Waals surface area contributed by atoms with Crippen molar-refractivity contribution in [2.45, 2.75) is 32.1 Å². The number of pyridine rings is 1. The second-order valence-corrected chi connectivity index (χ2v) is 6.46. The van der Waals surface area contributed by atoms with E-state index in [1.807, 2.05) is 0 Å². The van der Waals surface area contributed by atoms with Crippen LogP contribution in [0.1, 0.15) is 25.2 Å². The van der Waals surface area contributed by atoms with Crippen molar-refractivity contribution in [3.05, 3.63) is 23.5 Å². The molecule has 0 aliphatic rings. The molecule has 3 nitrogen and oxygen atoms in total. The molecule has 0 N–H and O–H groups in total. The second-order valence-electron chi connectivity index (χ2n) is 3.92. The minimum Gasteiger partial charge on any atom is -0.257 e. The fourth-order valence-corrected chi connectivity index (χ4v) is 2.51. The zero-order valence-electron chi connectivity index (χ0n) is 8.99. The molecule has 1 aromatic heterocycles. The first kappa shape index (κ1) is 12.5. The van der Waals surface area contributed by atoms with Crippen LogP contribution in [0.3, 0.4) is 0 Å². The van der Waals surface area contributed by atoms with E-state index in [9.17, 15) is 8.42 Å². The van der Waals surface area contributed by atoms with Crippen LogP contribution in [0.4, 0.5) is 0 Å². The van der Waals surface area contributed by atoms with Gasteiger partial charge in [0.25, 0.3) is 9.05 Å². The van der Waals surface area contributed by atoms with E-state index in [0.29, 0.717) is 11.6 Å². The van der Waals surface area contributed by atoms with E-state index in [2.05, 4.69) is 18.8 Å². The quantitative estimate of drug-likeness (QED) is 0.771. The molecule has 0 saturated heterocycles. The van der Waals surface area contributed by atoms with Gasteiger partial charge in [-0.1, -0.05) is 13.8 Å². The SMILES string of the molecule is Cc1nc(CC(C)C)ccc1S(=O)(=O)Cl. The van der Waals surface area contributed by atoms with E-state index in [-0.39, 0.29) is 4.90 Å². The zero-order valence-corrected chi connectivity index (χ0v) is 10.6. The molecule has 0 unspecified atom stereocenters. The highest BCUT2D eigenvalue weighted by Gasteiger charge is 2.14. The van der Waals surface area contributed by atoms with Crippen LogP contribution in [0.2, 0.25) is 0 Å². The maximum Gasteiger partial charge on any atom is 0.263 e. The molecule has 5 heteroatoms. The number of halogens is 1. The molecule has 0 spiro atoms. The first-order chi connectivity index (χ1) is 6.80. The van der Waals surface area contributed by atoms with E-state index in [4.69, 9.17) is 10.7 Å². The number of hydrogen-bond acceptors (Lipinski definition) is 3. The Morgan fingerprint density at radius 2 is 2.00 bits per heavy atom. The molecule has 0 amide bonds. The fraction of sp³-hybridized carbons (Fsp3) is 0.500. The van der Waals surface area contributed by atoms with E-state index in [0.717, 1.165) is 12.1 Å². The van der Waals surface area contributed by atoms with Crippen LogP contribution in [0.25, 0.3) is 0 Å². The van der Waals surface area contributed by atoms with Gasteiger partial charge in [-0.15, -0.1) is 0 Å². The van der Waals surface area contributed by atoms with Crippen molar-refractivity contribution in [3.63, 3.8) is 0 Å². The maximum absolute atomic E-state index is 11.1. The average molecular weight is 248 g/mol. The standard InChI is InChI=1S/C10H14ClNO2S/c1-7(2)6-9-4-5-10(8(3)12-9)15(11,13)14/h4-5,7H,6H2,1-3H3. The van der Waals surface area contributed by atoms with E-state index >= 15 is 0 Å². The monoisotopic (exact) mass is 247 g/mol. The van der Waals surface area contributed by atoms with Gasteiger partial charge in [0.15, 0.2) is 0 Å². The number of nitrogens with zero attached hydrogens (tertiary/aromatic N) is 1. The first-order valence-corrected chi connectivity index (χ1v) is 7.03. The van der Waals surface area contributed by atoms with Gasteiger partial charge in [-0.25, -0.2) is 8.42 Å². The van der Waals surface area contributed by atoms with Crippen molar-refractivity contribution < 1.29 is 8.42 Å². The molecule has 0 radical (unpaired) electrons. The van der Waals surface area contributed by atoms with Gasteiger partial charge in [0.1, 0.15) is 4.90 Å². The minimum absolute atomic E-state index is 0.0941. The van der Waals surface area contributed by atoms with Crippen LogP contribution in [0, 0.1) is 12.8 Å². The molecule has 1 rings (SSSR count). The van der Waals surface area contributed by atoms with Gasteiger partial charge in [-0.05, 0) is 31.4 Å². The van der Waals surface area contributed by atoms with Gasteiger partial charge < -0.3 is 0 Å². The third kappa shape index (κ3) is 3.47. The zero-order chi connectivity index (χ0) is 11.6. The molecule has 0 fully saturated rings. The van der Waals surface area contributed by atoms with Gasteiger partial charge in [0.05, 0.1) is 5.69 Å². The Bertz CT molecular complexity index is 454. The Morgan fingerprint density at radius 1 is 1.40 bits per heavy atom. The summed E-state index contributed by atoms with van der Waals surface area (Å²) in [5.41, 5.74) is 1.36. The third-order valence-corrected chi connectivity index (χ3v) is 3.43. The highest BCUT2D eigenvalue weighted by Crippen LogP contribution is 2.19. The summed E-state index contributed by atoms with van der Waals surface area (Å²) in [6.45, 7) is 5.82. The van der Waals surface area contributed by atoms with Crippen LogP contribution in [-0.4, -0.2) is 13.4 Å². The largest absolute Gasteiger partial charge is 0.263 e. The molecule has 0 aliphatic carbocycles. The van der Waals surface area contributed by atoms with Crippen molar-refractivity contribution in [2.24, 2.45) is 5.92 Å². The van der Waals surface area contributed by atoms with Crippen molar-refractivity contribution in [2.75, 3.05) is 0 Å². The van der Waals surface area contributed by atoms with Gasteiger partial charge in [-0.3, -0.25) is 4.98 Å². The molecule has 0 bridgehead atoms. The van der Waals surface area contributed by atoms with Crippen LogP contribution < -0.4 is 0 Å². The molecular weight excluding hydrogens is 234 g/mol. The summed E-state index contributed by atoms with van der Waals surface area (Å²) in [4.78, 5) is 4.31. The van der Waals surface area contributed by atoms with Crippen molar-refractivity contribution in [1.29, 1.82) is 0 Å². The normalized spacial score (nSPS) is 12.1. The van der Waals surface area contributed by atoms with E-state index < -0.39 is 9.05 Å². The van der Waals surface area contributed by atoms with Crippen LogP contribution in [-0.2, 0) is 15.5 Å². The molecule has 0 aliphatic heterocycles. The number of aromatic nitrogens is 1. The van der Waals surface area contributed by atoms with Crippen LogP contribution in [0.5, 0.6) is 0 Å². The van der Waals surface area contributed by atoms with Crippen molar-refractivity contribution in [1.82, 2.24) is 4.98 Å². The summed E-state index contributed by atoms with van der Waals surface area (Å²) in [5.74, 6) is 0.496. The Labute approximate surface area is 94.9 Å². The molecule has 0 saturated carbocycles. The van der Waals surface area contributed by atoms with Crippen LogP contribution >= 0.6 is 10.7 Å². The predicted octanol–water partition coefficient (Wildman–Crippen LogP) is 2.52. The van der Waals surface area contributed by atoms with E-state index in [1.54, 1.807) is 13.0 Å². The lowest BCUT2D eigenvalue weighted by Crippen LogP contribution is -2.02. The highest BCUT2D eigenvalue weighted by molar-refractivity contribution is 8.13. The first-order valence-electron chi connectivity index (χ1n) is 4.72. The summed E-state index contributed by atoms with van der Waals surface area (Å²) < 4.78 is 22.2. The average Bonchev–Trinajstić information content (AvgIpc) is 1.99. The Hall–Kier alpha value is -0.610. The van der Waals surface area contributed by atoms with Gasteiger partial charge >= 0.3 is 0 Å². The van der Waals surface area contributed by atoms with Gasteiger partial charge in [-0.2, -0.15) is 0 Å². The van der Waals surface area contributed by atoms with Crippen molar-refractivity contribution >= 4 is 19.7 Å². The predicted molar refractivity (Wildman–Crippen MR) is 60.6 cm³/mol. The number of hydrogen-bond donors (Lipinski definition) is 0. The molecule has 1 aromatic rings. The Balaban J connectivity index is 3.09. The lowest BCUT2D eigenvalue weighted by atomic mass is 10.1. The summed E-state index contributed by atoms with van der Waals surface area (Å²) in [6.07, 6.45) is 0.837. The topological polar surface area (TPSA) is 47.0 Å². The lowest BCUT2D eigenvalue weighted by molar-refractivity contribution is 0.607. The molecule has 15 heavy (non-hydrogen) atoms. The fourth-order valence-electron chi connectivity index (χ4n) is 1.39. The Kier molecular flexibility index (Phi) is 3.73. The smallest absolute Gasteiger partial charge is 0.257 e. The van der Waals surface area contributed by atoms with Gasteiger partial charge in [0.2, 0.25) is 0 Å². The number of rotatable bonds is 3. The molecule has 84 valence electrons. The molecule has 0 atom stereocenters.